The molecule has 7 nitrogen and oxygen atoms in total. The summed E-state index contributed by atoms with van der Waals surface area (Å²) in [5, 5.41) is 6.77. The molecule has 0 amide bonds. The lowest BCUT2D eigenvalue weighted by atomic mass is 10.2. The SMILES string of the molecule is COC(=O)CNc1cc2c(=O)cc(Nc3ccccc3)n(-c3ccccc3)c2nc1C. The predicted molar refractivity (Wildman–Crippen MR) is 122 cm³/mol. The number of ether oxygens (including phenoxy) is 1. The molecule has 0 saturated heterocycles. The summed E-state index contributed by atoms with van der Waals surface area (Å²) in [6.07, 6.45) is 0. The number of carbonyl (C=O) groups is 1. The lowest BCUT2D eigenvalue weighted by Crippen LogP contribution is -2.18. The predicted octanol–water partition coefficient (Wildman–Crippen LogP) is 4.02. The second-order valence-corrected chi connectivity index (χ2v) is 6.98. The Morgan fingerprint density at radius 1 is 1.03 bits per heavy atom. The number of nitrogens with one attached hydrogen (secondary N) is 2. The maximum Gasteiger partial charge on any atom is 0.325 e. The first-order valence-electron chi connectivity index (χ1n) is 9.82. The highest BCUT2D eigenvalue weighted by Crippen LogP contribution is 2.26. The molecule has 4 aromatic rings. The molecule has 2 aromatic carbocycles. The van der Waals surface area contributed by atoms with Crippen LogP contribution < -0.4 is 16.1 Å². The van der Waals surface area contributed by atoms with E-state index in [0.717, 1.165) is 11.4 Å². The molecule has 0 spiro atoms. The number of rotatable bonds is 6. The fraction of sp³-hybridized carbons (Fsp3) is 0.125. The van der Waals surface area contributed by atoms with Crippen LogP contribution in [0.2, 0.25) is 0 Å². The van der Waals surface area contributed by atoms with Crippen molar-refractivity contribution < 1.29 is 9.53 Å². The first-order chi connectivity index (χ1) is 15.1. The zero-order valence-corrected chi connectivity index (χ0v) is 17.3. The fourth-order valence-electron chi connectivity index (χ4n) is 3.34. The van der Waals surface area contributed by atoms with Gasteiger partial charge in [-0.3, -0.25) is 14.2 Å². The topological polar surface area (TPSA) is 85.2 Å². The van der Waals surface area contributed by atoms with Crippen LogP contribution in [0.15, 0.2) is 77.6 Å². The maximum absolute atomic E-state index is 13.0. The van der Waals surface area contributed by atoms with Gasteiger partial charge in [-0.1, -0.05) is 36.4 Å². The highest BCUT2D eigenvalue weighted by molar-refractivity contribution is 5.85. The van der Waals surface area contributed by atoms with E-state index in [4.69, 9.17) is 4.98 Å². The molecule has 0 atom stereocenters. The summed E-state index contributed by atoms with van der Waals surface area (Å²) in [5.74, 6) is 0.209. The second-order valence-electron chi connectivity index (χ2n) is 6.98. The van der Waals surface area contributed by atoms with Gasteiger partial charge in [0.25, 0.3) is 0 Å². The lowest BCUT2D eigenvalue weighted by molar-refractivity contribution is -0.138. The quantitative estimate of drug-likeness (QED) is 0.464. The van der Waals surface area contributed by atoms with Crippen LogP contribution in [0.25, 0.3) is 16.7 Å². The Hall–Kier alpha value is -4.13. The molecule has 0 fully saturated rings. The van der Waals surface area contributed by atoms with Crippen molar-refractivity contribution in [3.05, 3.63) is 88.7 Å². The Bertz CT molecular complexity index is 1290. The molecule has 0 saturated carbocycles. The molecule has 0 aliphatic carbocycles. The number of fused-ring (bicyclic) bond motifs is 1. The van der Waals surface area contributed by atoms with Gasteiger partial charge >= 0.3 is 5.97 Å². The summed E-state index contributed by atoms with van der Waals surface area (Å²) in [5.41, 5.74) is 3.36. The van der Waals surface area contributed by atoms with Crippen molar-refractivity contribution in [2.45, 2.75) is 6.92 Å². The van der Waals surface area contributed by atoms with Crippen molar-refractivity contribution in [1.82, 2.24) is 9.55 Å². The normalized spacial score (nSPS) is 10.6. The Labute approximate surface area is 179 Å². The van der Waals surface area contributed by atoms with Gasteiger partial charge in [0.1, 0.15) is 18.0 Å². The molecule has 0 radical (unpaired) electrons. The molecule has 156 valence electrons. The van der Waals surface area contributed by atoms with E-state index in [0.29, 0.717) is 28.2 Å². The van der Waals surface area contributed by atoms with Crippen LogP contribution in [0.3, 0.4) is 0 Å². The molecule has 7 heteroatoms. The van der Waals surface area contributed by atoms with Crippen LogP contribution in [-0.2, 0) is 9.53 Å². The molecule has 4 rings (SSSR count). The highest BCUT2D eigenvalue weighted by Gasteiger charge is 2.15. The van der Waals surface area contributed by atoms with Gasteiger partial charge in [-0.15, -0.1) is 0 Å². The third-order valence-corrected chi connectivity index (χ3v) is 4.89. The summed E-state index contributed by atoms with van der Waals surface area (Å²) >= 11 is 0. The van der Waals surface area contributed by atoms with Crippen LogP contribution in [0.4, 0.5) is 17.2 Å². The summed E-state index contributed by atoms with van der Waals surface area (Å²) in [6.45, 7) is 1.82. The second kappa shape index (κ2) is 8.71. The number of esters is 1. The van der Waals surface area contributed by atoms with Crippen LogP contribution in [0.1, 0.15) is 5.69 Å². The highest BCUT2D eigenvalue weighted by atomic mass is 16.5. The first kappa shape index (κ1) is 20.2. The summed E-state index contributed by atoms with van der Waals surface area (Å²) in [6, 6.07) is 22.7. The monoisotopic (exact) mass is 414 g/mol. The van der Waals surface area contributed by atoms with Crippen LogP contribution in [0.5, 0.6) is 0 Å². The minimum atomic E-state index is -0.399. The molecule has 31 heavy (non-hydrogen) atoms. The van der Waals surface area contributed by atoms with E-state index >= 15 is 0 Å². The Kier molecular flexibility index (Phi) is 5.66. The Morgan fingerprint density at radius 3 is 2.39 bits per heavy atom. The number of aryl methyl sites for hydroxylation is 1. The maximum atomic E-state index is 13.0. The number of pyridine rings is 2. The van der Waals surface area contributed by atoms with E-state index in [9.17, 15) is 9.59 Å². The average Bonchev–Trinajstić information content (AvgIpc) is 2.79. The molecule has 2 N–H and O–H groups in total. The Balaban J connectivity index is 1.90. The van der Waals surface area contributed by atoms with Gasteiger partial charge < -0.3 is 15.4 Å². The molecular weight excluding hydrogens is 392 g/mol. The van der Waals surface area contributed by atoms with Crippen molar-refractivity contribution in [1.29, 1.82) is 0 Å². The number of carbonyl (C=O) groups excluding carboxylic acids is 1. The molecule has 0 aliphatic rings. The number of anilines is 3. The van der Waals surface area contributed by atoms with Crippen LogP contribution in [-0.4, -0.2) is 29.2 Å². The van der Waals surface area contributed by atoms with Gasteiger partial charge in [0.05, 0.1) is 23.9 Å². The third kappa shape index (κ3) is 4.25. The smallest absolute Gasteiger partial charge is 0.325 e. The number of methoxy groups -OCH3 is 1. The van der Waals surface area contributed by atoms with E-state index in [2.05, 4.69) is 15.4 Å². The molecule has 0 bridgehead atoms. The van der Waals surface area contributed by atoms with Crippen molar-refractivity contribution in [2.75, 3.05) is 24.3 Å². The van der Waals surface area contributed by atoms with Gasteiger partial charge in [0, 0.05) is 17.4 Å². The van der Waals surface area contributed by atoms with E-state index in [-0.39, 0.29) is 12.0 Å². The van der Waals surface area contributed by atoms with Crippen molar-refractivity contribution in [2.24, 2.45) is 0 Å². The number of hydrogen-bond acceptors (Lipinski definition) is 6. The largest absolute Gasteiger partial charge is 0.468 e. The standard InChI is InChI=1S/C24H22N4O3/c1-16-20(25-15-23(30)31-2)13-19-21(29)14-22(27-17-9-5-3-6-10-17)28(24(19)26-16)18-11-7-4-8-12-18/h3-14,25,27H,15H2,1-2H3. The fourth-order valence-corrected chi connectivity index (χ4v) is 3.34. The zero-order valence-electron chi connectivity index (χ0n) is 17.3. The molecule has 2 aromatic heterocycles. The number of nitrogens with zero attached hydrogens (tertiary/aromatic N) is 2. The first-order valence-corrected chi connectivity index (χ1v) is 9.82. The lowest BCUT2D eigenvalue weighted by Gasteiger charge is -2.19. The van der Waals surface area contributed by atoms with E-state index in [1.54, 1.807) is 12.1 Å². The van der Waals surface area contributed by atoms with Gasteiger partial charge in [-0.2, -0.15) is 0 Å². The Morgan fingerprint density at radius 2 is 1.71 bits per heavy atom. The van der Waals surface area contributed by atoms with E-state index < -0.39 is 5.97 Å². The number of para-hydroxylation sites is 2. The summed E-state index contributed by atoms with van der Waals surface area (Å²) in [7, 11) is 1.33. The van der Waals surface area contributed by atoms with Gasteiger partial charge in [-0.05, 0) is 37.3 Å². The number of aromatic nitrogens is 2. The third-order valence-electron chi connectivity index (χ3n) is 4.89. The van der Waals surface area contributed by atoms with Gasteiger partial charge in [0.15, 0.2) is 5.43 Å². The summed E-state index contributed by atoms with van der Waals surface area (Å²) in [4.78, 5) is 29.3. The zero-order chi connectivity index (χ0) is 21.8. The minimum Gasteiger partial charge on any atom is -0.468 e. The van der Waals surface area contributed by atoms with Crippen molar-refractivity contribution in [3.8, 4) is 5.69 Å². The van der Waals surface area contributed by atoms with E-state index in [1.807, 2.05) is 72.2 Å². The van der Waals surface area contributed by atoms with Crippen LogP contribution >= 0.6 is 0 Å². The number of benzene rings is 2. The van der Waals surface area contributed by atoms with Gasteiger partial charge in [-0.25, -0.2) is 4.98 Å². The van der Waals surface area contributed by atoms with Gasteiger partial charge in [0.2, 0.25) is 0 Å². The summed E-state index contributed by atoms with van der Waals surface area (Å²) < 4.78 is 6.59. The van der Waals surface area contributed by atoms with Crippen LogP contribution in [0, 0.1) is 6.92 Å². The van der Waals surface area contributed by atoms with Crippen molar-refractivity contribution in [3.63, 3.8) is 0 Å². The van der Waals surface area contributed by atoms with Crippen molar-refractivity contribution >= 4 is 34.2 Å². The minimum absolute atomic E-state index is 0.00888. The molecule has 0 aliphatic heterocycles. The van der Waals surface area contributed by atoms with E-state index in [1.165, 1.54) is 7.11 Å². The molecule has 2 heterocycles. The average molecular weight is 414 g/mol. The number of hydrogen-bond donors (Lipinski definition) is 2. The molecular formula is C24H22N4O3. The molecule has 0 unspecified atom stereocenters.